The van der Waals surface area contributed by atoms with E-state index in [0.717, 1.165) is 80.3 Å². The SMILES string of the molecule is COc1cc(N2CCC(N3CCN(c4ccc(N5CCC(=O)NC5=O)cc4)CC3)CC2)c(-c2cnn(C)c2)cc1Nc1ncc(Cl)c(Nc2ccccc2P(C)(C)=O)n1. The number of urea groups is 1. The van der Waals surface area contributed by atoms with Crippen molar-refractivity contribution in [2.75, 3.05) is 91.6 Å². The molecule has 308 valence electrons. The van der Waals surface area contributed by atoms with Gasteiger partial charge in [-0.15, -0.1) is 0 Å². The summed E-state index contributed by atoms with van der Waals surface area (Å²) in [6.45, 7) is 9.46. The van der Waals surface area contributed by atoms with Gasteiger partial charge in [0.15, 0.2) is 5.82 Å². The average molecular weight is 838 g/mol. The van der Waals surface area contributed by atoms with Gasteiger partial charge in [0.25, 0.3) is 0 Å². The number of aromatic nitrogens is 4. The van der Waals surface area contributed by atoms with Gasteiger partial charge in [-0.3, -0.25) is 24.6 Å². The molecule has 3 amide bonds. The summed E-state index contributed by atoms with van der Waals surface area (Å²) in [5, 5.41) is 14.6. The number of methoxy groups -OCH3 is 1. The van der Waals surface area contributed by atoms with Gasteiger partial charge in [0.05, 0.1) is 30.9 Å². The van der Waals surface area contributed by atoms with E-state index in [1.165, 1.54) is 6.20 Å². The normalized spacial score (nSPS) is 16.9. The molecule has 0 radical (unpaired) electrons. The summed E-state index contributed by atoms with van der Waals surface area (Å²) in [4.78, 5) is 42.2. The van der Waals surface area contributed by atoms with Crippen LogP contribution in [-0.2, 0) is 16.4 Å². The van der Waals surface area contributed by atoms with Crippen molar-refractivity contribution in [1.29, 1.82) is 0 Å². The molecule has 3 aliphatic rings. The molecule has 8 rings (SSSR count). The van der Waals surface area contributed by atoms with E-state index in [4.69, 9.17) is 21.3 Å². The molecule has 0 saturated carbocycles. The number of nitrogens with zero attached hydrogens (tertiary/aromatic N) is 8. The Balaban J connectivity index is 0.945. The number of ether oxygens (including phenoxy) is 1. The second-order valence-electron chi connectivity index (χ2n) is 15.5. The molecular formula is C42H49ClN11O4P. The molecule has 3 aromatic carbocycles. The number of piperazine rings is 1. The number of imide groups is 1. The van der Waals surface area contributed by atoms with Crippen LogP contribution in [-0.4, -0.2) is 109 Å². The fraction of sp³-hybridized carbons (Fsp3) is 0.357. The highest BCUT2D eigenvalue weighted by atomic mass is 35.5. The average Bonchev–Trinajstić information content (AvgIpc) is 3.68. The van der Waals surface area contributed by atoms with E-state index in [1.807, 2.05) is 55.8 Å². The molecule has 3 saturated heterocycles. The quantitative estimate of drug-likeness (QED) is 0.124. The van der Waals surface area contributed by atoms with Crippen LogP contribution >= 0.6 is 18.7 Å². The van der Waals surface area contributed by atoms with Gasteiger partial charge in [-0.1, -0.05) is 23.7 Å². The van der Waals surface area contributed by atoms with Crippen LogP contribution in [0.1, 0.15) is 19.3 Å². The van der Waals surface area contributed by atoms with Gasteiger partial charge in [0.2, 0.25) is 11.9 Å². The molecule has 3 N–H and O–H groups in total. The van der Waals surface area contributed by atoms with Crippen LogP contribution in [0.2, 0.25) is 5.02 Å². The van der Waals surface area contributed by atoms with Gasteiger partial charge in [-0.2, -0.15) is 10.1 Å². The number of piperidine rings is 1. The minimum Gasteiger partial charge on any atom is -0.494 e. The molecule has 3 fully saturated rings. The van der Waals surface area contributed by atoms with E-state index < -0.39 is 7.14 Å². The molecule has 2 aromatic heterocycles. The molecule has 5 aromatic rings. The van der Waals surface area contributed by atoms with E-state index in [2.05, 4.69) is 65.0 Å². The monoisotopic (exact) mass is 837 g/mol. The van der Waals surface area contributed by atoms with E-state index in [1.54, 1.807) is 30.0 Å². The van der Waals surface area contributed by atoms with Crippen LogP contribution < -0.4 is 40.7 Å². The third-order valence-corrected chi connectivity index (χ3v) is 13.1. The fourth-order valence-corrected chi connectivity index (χ4v) is 9.47. The Morgan fingerprint density at radius 1 is 0.864 bits per heavy atom. The molecule has 15 nitrogen and oxygen atoms in total. The summed E-state index contributed by atoms with van der Waals surface area (Å²) in [5.74, 6) is 1.11. The maximum absolute atomic E-state index is 13.0. The van der Waals surface area contributed by atoms with Crippen molar-refractivity contribution in [3.63, 3.8) is 0 Å². The van der Waals surface area contributed by atoms with Crippen molar-refractivity contribution in [3.05, 3.63) is 84.3 Å². The fourth-order valence-electron chi connectivity index (χ4n) is 8.17. The molecule has 0 spiro atoms. The van der Waals surface area contributed by atoms with Crippen LogP contribution in [0.5, 0.6) is 5.75 Å². The lowest BCUT2D eigenvalue weighted by Crippen LogP contribution is -2.53. The maximum atomic E-state index is 13.0. The first-order valence-corrected chi connectivity index (χ1v) is 22.8. The van der Waals surface area contributed by atoms with Gasteiger partial charge in [-0.25, -0.2) is 9.78 Å². The predicted octanol–water partition coefficient (Wildman–Crippen LogP) is 6.51. The number of aryl methyl sites for hydroxylation is 1. The lowest BCUT2D eigenvalue weighted by molar-refractivity contribution is -0.120. The van der Waals surface area contributed by atoms with Crippen LogP contribution in [0.25, 0.3) is 11.1 Å². The Morgan fingerprint density at radius 2 is 1.59 bits per heavy atom. The Labute approximate surface area is 349 Å². The van der Waals surface area contributed by atoms with E-state index in [-0.39, 0.29) is 11.9 Å². The molecule has 0 unspecified atom stereocenters. The molecule has 0 bridgehead atoms. The number of rotatable bonds is 11. The summed E-state index contributed by atoms with van der Waals surface area (Å²) >= 11 is 6.57. The third-order valence-electron chi connectivity index (χ3n) is 11.3. The van der Waals surface area contributed by atoms with Gasteiger partial charge in [-0.05, 0) is 68.6 Å². The molecular weight excluding hydrogens is 789 g/mol. The summed E-state index contributed by atoms with van der Waals surface area (Å²) < 4.78 is 20.8. The second-order valence-corrected chi connectivity index (χ2v) is 19.1. The second kappa shape index (κ2) is 16.9. The van der Waals surface area contributed by atoms with E-state index in [9.17, 15) is 14.2 Å². The minimum atomic E-state index is -2.58. The number of carbonyl (C=O) groups is 2. The van der Waals surface area contributed by atoms with E-state index >= 15 is 0 Å². The Hall–Kier alpha value is -5.63. The molecule has 59 heavy (non-hydrogen) atoms. The van der Waals surface area contributed by atoms with Crippen molar-refractivity contribution in [3.8, 4) is 16.9 Å². The lowest BCUT2D eigenvalue weighted by Gasteiger charge is -2.44. The summed E-state index contributed by atoms with van der Waals surface area (Å²) in [6.07, 6.45) is 7.80. The van der Waals surface area contributed by atoms with Crippen LogP contribution in [0.15, 0.2) is 79.3 Å². The van der Waals surface area contributed by atoms with Crippen molar-refractivity contribution in [1.82, 2.24) is 30.0 Å². The van der Waals surface area contributed by atoms with E-state index in [0.29, 0.717) is 58.2 Å². The smallest absolute Gasteiger partial charge is 0.328 e. The largest absolute Gasteiger partial charge is 0.494 e. The number of halogens is 1. The van der Waals surface area contributed by atoms with Crippen molar-refractivity contribution >= 4 is 76.2 Å². The topological polar surface area (TPSA) is 153 Å². The zero-order valence-electron chi connectivity index (χ0n) is 33.7. The standard InChI is InChI=1S/C42H49ClN11O4P/c1-50-27-28(25-45-50)32-23-35(47-41-44-26-33(43)40(49-41)46-34-7-5-6-8-38(34)59(3,4)57)37(58-2)24-36(32)53-16-13-30(14-17-53)52-21-19-51(20-22-52)29-9-11-31(12-10-29)54-18-15-39(55)48-42(54)56/h5-12,23-27,30H,13-22H2,1-4H3,(H,48,55,56)(H2,44,46,47,49). The van der Waals surface area contributed by atoms with Crippen molar-refractivity contribution < 1.29 is 18.9 Å². The molecule has 0 atom stereocenters. The first kappa shape index (κ1) is 40.2. The number of hydrogen-bond donors (Lipinski definition) is 3. The Morgan fingerprint density at radius 3 is 2.27 bits per heavy atom. The number of hydrogen-bond acceptors (Lipinski definition) is 12. The van der Waals surface area contributed by atoms with Crippen LogP contribution in [0.4, 0.5) is 45.0 Å². The number of nitrogens with one attached hydrogen (secondary N) is 3. The number of benzene rings is 3. The van der Waals surface area contributed by atoms with Gasteiger partial charge in [0, 0.05) is 111 Å². The summed E-state index contributed by atoms with van der Waals surface area (Å²) in [5.41, 5.74) is 6.35. The lowest BCUT2D eigenvalue weighted by atomic mass is 9.98. The van der Waals surface area contributed by atoms with Gasteiger partial charge >= 0.3 is 6.03 Å². The molecule has 17 heteroatoms. The highest BCUT2D eigenvalue weighted by Crippen LogP contribution is 2.42. The van der Waals surface area contributed by atoms with Crippen LogP contribution in [0, 0.1) is 0 Å². The molecule has 5 heterocycles. The van der Waals surface area contributed by atoms with Crippen molar-refractivity contribution in [2.45, 2.75) is 25.3 Å². The zero-order valence-corrected chi connectivity index (χ0v) is 35.3. The Bertz CT molecular complexity index is 2390. The van der Waals surface area contributed by atoms with Gasteiger partial charge in [0.1, 0.15) is 17.9 Å². The number of para-hydroxylation sites is 1. The minimum absolute atomic E-state index is 0.231. The highest BCUT2D eigenvalue weighted by Gasteiger charge is 2.30. The first-order chi connectivity index (χ1) is 28.4. The number of amides is 3. The number of anilines is 7. The third kappa shape index (κ3) is 8.87. The zero-order chi connectivity index (χ0) is 41.3. The Kier molecular flexibility index (Phi) is 11.5. The molecule has 3 aliphatic heterocycles. The number of carbonyl (C=O) groups excluding carboxylic acids is 2. The molecule has 0 aliphatic carbocycles. The van der Waals surface area contributed by atoms with Gasteiger partial charge < -0.3 is 29.7 Å². The van der Waals surface area contributed by atoms with Crippen LogP contribution in [0.3, 0.4) is 0 Å². The summed E-state index contributed by atoms with van der Waals surface area (Å²) in [6, 6.07) is 19.8. The first-order valence-electron chi connectivity index (χ1n) is 19.8. The predicted molar refractivity (Wildman–Crippen MR) is 235 cm³/mol. The van der Waals surface area contributed by atoms with Crippen molar-refractivity contribution in [2.24, 2.45) is 7.05 Å². The summed E-state index contributed by atoms with van der Waals surface area (Å²) in [7, 11) is 0.992. The highest BCUT2D eigenvalue weighted by molar-refractivity contribution is 7.70. The maximum Gasteiger partial charge on any atom is 0.328 e.